The molecule has 0 atom stereocenters. The van der Waals surface area contributed by atoms with Crippen LogP contribution >= 0.6 is 0 Å². The largest absolute Gasteiger partial charge is 0.454 e. The van der Waals surface area contributed by atoms with E-state index in [1.807, 2.05) is 37.3 Å². The zero-order chi connectivity index (χ0) is 18.5. The van der Waals surface area contributed by atoms with Gasteiger partial charge in [0.05, 0.1) is 6.54 Å². The fourth-order valence-electron chi connectivity index (χ4n) is 3.16. The molecule has 1 amide bonds. The third kappa shape index (κ3) is 4.17. The summed E-state index contributed by atoms with van der Waals surface area (Å²) in [5.41, 5.74) is 4.31. The lowest BCUT2D eigenvalue weighted by molar-refractivity contribution is -0.117. The van der Waals surface area contributed by atoms with Gasteiger partial charge in [-0.3, -0.25) is 9.69 Å². The summed E-state index contributed by atoms with van der Waals surface area (Å²) in [6.07, 6.45) is 0.895. The second kappa shape index (κ2) is 8.23. The Kier molecular flexibility index (Phi) is 5.78. The number of amides is 1. The number of anilines is 1. The summed E-state index contributed by atoms with van der Waals surface area (Å²) < 4.78 is 10.8. The number of rotatable bonds is 7. The van der Waals surface area contributed by atoms with Crippen molar-refractivity contribution in [1.82, 2.24) is 4.90 Å². The van der Waals surface area contributed by atoms with E-state index in [0.717, 1.165) is 46.8 Å². The number of nitrogens with one attached hydrogen (secondary N) is 1. The number of hydrogen-bond acceptors (Lipinski definition) is 4. The van der Waals surface area contributed by atoms with Crippen molar-refractivity contribution >= 4 is 11.6 Å². The van der Waals surface area contributed by atoms with Gasteiger partial charge in [0.25, 0.3) is 0 Å². The molecule has 0 aromatic heterocycles. The van der Waals surface area contributed by atoms with E-state index in [1.54, 1.807) is 0 Å². The molecule has 1 heterocycles. The first kappa shape index (κ1) is 18.3. The summed E-state index contributed by atoms with van der Waals surface area (Å²) in [7, 11) is 0. The molecule has 3 rings (SSSR count). The number of carbonyl (C=O) groups excluding carboxylic acids is 1. The summed E-state index contributed by atoms with van der Waals surface area (Å²) in [6, 6.07) is 12.0. The fraction of sp³-hybridized carbons (Fsp3) is 0.381. The molecular weight excluding hydrogens is 328 g/mol. The molecule has 2 aromatic rings. The molecule has 1 aliphatic rings. The van der Waals surface area contributed by atoms with Crippen LogP contribution in [0.4, 0.5) is 5.69 Å². The maximum Gasteiger partial charge on any atom is 0.238 e. The van der Waals surface area contributed by atoms with E-state index < -0.39 is 0 Å². The van der Waals surface area contributed by atoms with Crippen molar-refractivity contribution in [3.8, 4) is 11.5 Å². The highest BCUT2D eigenvalue weighted by molar-refractivity contribution is 5.93. The highest BCUT2D eigenvalue weighted by atomic mass is 16.7. The van der Waals surface area contributed by atoms with Crippen LogP contribution in [-0.4, -0.2) is 30.7 Å². The lowest BCUT2D eigenvalue weighted by Crippen LogP contribution is -2.33. The molecule has 0 saturated carbocycles. The Morgan fingerprint density at radius 1 is 1.15 bits per heavy atom. The Hall–Kier alpha value is -2.53. The summed E-state index contributed by atoms with van der Waals surface area (Å²) in [6.45, 7) is 8.29. The lowest BCUT2D eigenvalue weighted by Gasteiger charge is -2.21. The number of nitrogens with zero attached hydrogens (tertiary/aromatic N) is 1. The fourth-order valence-corrected chi connectivity index (χ4v) is 3.16. The molecule has 0 fully saturated rings. The van der Waals surface area contributed by atoms with Gasteiger partial charge >= 0.3 is 0 Å². The van der Waals surface area contributed by atoms with Crippen molar-refractivity contribution in [2.45, 2.75) is 33.7 Å². The summed E-state index contributed by atoms with van der Waals surface area (Å²) in [5, 5.41) is 3.10. The number of benzene rings is 2. The molecule has 0 spiro atoms. The molecule has 0 unspecified atom stereocenters. The van der Waals surface area contributed by atoms with Crippen LogP contribution in [0.3, 0.4) is 0 Å². The molecular formula is C21H26N2O3. The number of hydrogen-bond donors (Lipinski definition) is 1. The Morgan fingerprint density at radius 2 is 1.96 bits per heavy atom. The topological polar surface area (TPSA) is 50.8 Å². The van der Waals surface area contributed by atoms with E-state index in [2.05, 4.69) is 30.1 Å². The quantitative estimate of drug-likeness (QED) is 0.823. The summed E-state index contributed by atoms with van der Waals surface area (Å²) in [4.78, 5) is 14.7. The van der Waals surface area contributed by atoms with Crippen LogP contribution in [0.1, 0.15) is 30.5 Å². The van der Waals surface area contributed by atoms with Crippen LogP contribution in [0.2, 0.25) is 0 Å². The SMILES string of the molecule is CCc1cccc(C)c1NC(=O)CN(CC)Cc1ccc2c(c1)OCO2. The maximum absolute atomic E-state index is 12.6. The number of para-hydroxylation sites is 1. The highest BCUT2D eigenvalue weighted by Crippen LogP contribution is 2.32. The van der Waals surface area contributed by atoms with Crippen LogP contribution in [0.15, 0.2) is 36.4 Å². The van der Waals surface area contributed by atoms with Gasteiger partial charge in [-0.05, 0) is 48.7 Å². The maximum atomic E-state index is 12.6. The summed E-state index contributed by atoms with van der Waals surface area (Å²) in [5.74, 6) is 1.56. The monoisotopic (exact) mass is 354 g/mol. The van der Waals surface area contributed by atoms with Crippen molar-refractivity contribution < 1.29 is 14.3 Å². The standard InChI is InChI=1S/C21H26N2O3/c1-4-17-8-6-7-15(3)21(17)22-20(24)13-23(5-2)12-16-9-10-18-19(11-16)26-14-25-18/h6-11H,4-5,12-14H2,1-3H3,(H,22,24). The van der Waals surface area contributed by atoms with Gasteiger partial charge < -0.3 is 14.8 Å². The van der Waals surface area contributed by atoms with Gasteiger partial charge in [-0.15, -0.1) is 0 Å². The molecule has 5 heteroatoms. The van der Waals surface area contributed by atoms with E-state index in [0.29, 0.717) is 13.1 Å². The molecule has 0 bridgehead atoms. The van der Waals surface area contributed by atoms with Gasteiger partial charge in [-0.1, -0.05) is 38.1 Å². The third-order valence-corrected chi connectivity index (χ3v) is 4.66. The normalized spacial score (nSPS) is 12.5. The highest BCUT2D eigenvalue weighted by Gasteiger charge is 2.16. The van der Waals surface area contributed by atoms with Crippen molar-refractivity contribution in [1.29, 1.82) is 0 Å². The zero-order valence-corrected chi connectivity index (χ0v) is 15.7. The lowest BCUT2D eigenvalue weighted by atomic mass is 10.1. The van der Waals surface area contributed by atoms with Gasteiger partial charge in [0.1, 0.15) is 0 Å². The van der Waals surface area contributed by atoms with Crippen molar-refractivity contribution in [3.05, 3.63) is 53.1 Å². The number of likely N-dealkylation sites (N-methyl/N-ethyl adjacent to an activating group) is 1. The Bertz CT molecular complexity index is 789. The first-order chi connectivity index (χ1) is 12.6. The Labute approximate surface area is 154 Å². The zero-order valence-electron chi connectivity index (χ0n) is 15.7. The number of aryl methyl sites for hydroxylation is 2. The van der Waals surface area contributed by atoms with Crippen LogP contribution < -0.4 is 14.8 Å². The molecule has 5 nitrogen and oxygen atoms in total. The molecule has 2 aromatic carbocycles. The van der Waals surface area contributed by atoms with Gasteiger partial charge in [0, 0.05) is 12.2 Å². The second-order valence-corrected chi connectivity index (χ2v) is 6.50. The van der Waals surface area contributed by atoms with Crippen LogP contribution in [0.25, 0.3) is 0 Å². The molecule has 26 heavy (non-hydrogen) atoms. The molecule has 138 valence electrons. The minimum atomic E-state index is 0.0107. The minimum Gasteiger partial charge on any atom is -0.454 e. The molecule has 0 aliphatic carbocycles. The van der Waals surface area contributed by atoms with Crippen molar-refractivity contribution in [2.24, 2.45) is 0 Å². The minimum absolute atomic E-state index is 0.0107. The Balaban J connectivity index is 1.64. The number of carbonyl (C=O) groups is 1. The molecule has 0 radical (unpaired) electrons. The average Bonchev–Trinajstić information content (AvgIpc) is 3.10. The van der Waals surface area contributed by atoms with E-state index >= 15 is 0 Å². The van der Waals surface area contributed by atoms with Crippen molar-refractivity contribution in [2.75, 3.05) is 25.2 Å². The first-order valence-corrected chi connectivity index (χ1v) is 9.10. The second-order valence-electron chi connectivity index (χ2n) is 6.50. The van der Waals surface area contributed by atoms with Crippen LogP contribution in [-0.2, 0) is 17.8 Å². The average molecular weight is 354 g/mol. The number of ether oxygens (including phenoxy) is 2. The smallest absolute Gasteiger partial charge is 0.238 e. The third-order valence-electron chi connectivity index (χ3n) is 4.66. The van der Waals surface area contributed by atoms with Crippen molar-refractivity contribution in [3.63, 3.8) is 0 Å². The van der Waals surface area contributed by atoms with Gasteiger partial charge in [-0.2, -0.15) is 0 Å². The Morgan fingerprint density at radius 3 is 2.73 bits per heavy atom. The van der Waals surface area contributed by atoms with E-state index in [4.69, 9.17) is 9.47 Å². The predicted molar refractivity (Wildman–Crippen MR) is 103 cm³/mol. The summed E-state index contributed by atoms with van der Waals surface area (Å²) >= 11 is 0. The van der Waals surface area contributed by atoms with Crippen LogP contribution in [0, 0.1) is 6.92 Å². The van der Waals surface area contributed by atoms with Gasteiger partial charge in [-0.25, -0.2) is 0 Å². The first-order valence-electron chi connectivity index (χ1n) is 9.10. The van der Waals surface area contributed by atoms with Gasteiger partial charge in [0.2, 0.25) is 12.7 Å². The van der Waals surface area contributed by atoms with E-state index in [9.17, 15) is 4.79 Å². The van der Waals surface area contributed by atoms with Gasteiger partial charge in [0.15, 0.2) is 11.5 Å². The van der Waals surface area contributed by atoms with E-state index in [-0.39, 0.29) is 12.7 Å². The number of fused-ring (bicyclic) bond motifs is 1. The predicted octanol–water partition coefficient (Wildman–Crippen LogP) is 3.75. The molecule has 0 saturated heterocycles. The molecule has 1 aliphatic heterocycles. The van der Waals surface area contributed by atoms with E-state index in [1.165, 1.54) is 0 Å². The molecule has 1 N–H and O–H groups in total. The van der Waals surface area contributed by atoms with Crippen LogP contribution in [0.5, 0.6) is 11.5 Å².